The fraction of sp³-hybridized carbons (Fsp3) is 0.929. The van der Waals surface area contributed by atoms with Crippen LogP contribution in [-0.4, -0.2) is 34.3 Å². The predicted molar refractivity (Wildman–Crippen MR) is 81.7 cm³/mol. The van der Waals surface area contributed by atoms with E-state index >= 15 is 0 Å². The third kappa shape index (κ3) is 3.54. The second-order valence-electron chi connectivity index (χ2n) is 5.82. The number of amides is 1. The Bertz CT molecular complexity index is 315. The standard InChI is InChI=1S/C14H23NO2S2/c16-14-15-11(9-10-5-2-1-3-6-10)12(17-14)13-18-7-4-8-19-13/h10-13H,1-9H2,(H,15,16). The van der Waals surface area contributed by atoms with Crippen molar-refractivity contribution in [2.45, 2.75) is 61.7 Å². The first kappa shape index (κ1) is 13.9. The molecule has 3 rings (SSSR count). The van der Waals surface area contributed by atoms with E-state index in [0.29, 0.717) is 4.58 Å². The fourth-order valence-electron chi connectivity index (χ4n) is 3.39. The zero-order valence-electron chi connectivity index (χ0n) is 11.3. The molecular formula is C14H23NO2S2. The van der Waals surface area contributed by atoms with Crippen LogP contribution in [0.2, 0.25) is 0 Å². The van der Waals surface area contributed by atoms with E-state index in [9.17, 15) is 4.79 Å². The molecule has 2 saturated heterocycles. The molecular weight excluding hydrogens is 278 g/mol. The van der Waals surface area contributed by atoms with Crippen molar-refractivity contribution in [3.63, 3.8) is 0 Å². The largest absolute Gasteiger partial charge is 0.442 e. The minimum absolute atomic E-state index is 0.0877. The molecule has 108 valence electrons. The molecule has 0 aromatic rings. The highest BCUT2D eigenvalue weighted by Crippen LogP contribution is 2.39. The van der Waals surface area contributed by atoms with Gasteiger partial charge in [-0.25, -0.2) is 4.79 Å². The number of rotatable bonds is 3. The lowest BCUT2D eigenvalue weighted by Gasteiger charge is -2.31. The highest BCUT2D eigenvalue weighted by molar-refractivity contribution is 8.17. The molecule has 3 fully saturated rings. The van der Waals surface area contributed by atoms with E-state index in [-0.39, 0.29) is 18.2 Å². The highest BCUT2D eigenvalue weighted by atomic mass is 32.2. The van der Waals surface area contributed by atoms with Crippen molar-refractivity contribution < 1.29 is 9.53 Å². The molecule has 0 spiro atoms. The summed E-state index contributed by atoms with van der Waals surface area (Å²) in [6.07, 6.45) is 9.09. The first-order valence-corrected chi connectivity index (χ1v) is 9.63. The van der Waals surface area contributed by atoms with E-state index in [0.717, 1.165) is 12.3 Å². The molecule has 19 heavy (non-hydrogen) atoms. The molecule has 0 bridgehead atoms. The number of carbonyl (C=O) groups excluding carboxylic acids is 1. The zero-order chi connectivity index (χ0) is 13.1. The molecule has 3 aliphatic rings. The van der Waals surface area contributed by atoms with Gasteiger partial charge in [0.2, 0.25) is 0 Å². The summed E-state index contributed by atoms with van der Waals surface area (Å²) in [4.78, 5) is 11.6. The molecule has 5 heteroatoms. The van der Waals surface area contributed by atoms with Crippen molar-refractivity contribution in [1.29, 1.82) is 0 Å². The predicted octanol–water partition coefficient (Wildman–Crippen LogP) is 3.63. The van der Waals surface area contributed by atoms with Gasteiger partial charge in [-0.3, -0.25) is 0 Å². The van der Waals surface area contributed by atoms with Gasteiger partial charge in [0.15, 0.2) is 0 Å². The third-order valence-electron chi connectivity index (χ3n) is 4.38. The van der Waals surface area contributed by atoms with Crippen molar-refractivity contribution in [3.8, 4) is 0 Å². The van der Waals surface area contributed by atoms with Crippen LogP contribution in [-0.2, 0) is 4.74 Å². The molecule has 0 radical (unpaired) electrons. The molecule has 2 aliphatic heterocycles. The van der Waals surface area contributed by atoms with Crippen LogP contribution in [0.5, 0.6) is 0 Å². The van der Waals surface area contributed by atoms with Gasteiger partial charge in [0.25, 0.3) is 0 Å². The van der Waals surface area contributed by atoms with Crippen LogP contribution in [0.1, 0.15) is 44.9 Å². The SMILES string of the molecule is O=C1NC(CC2CCCCC2)C(C2SCCCS2)O1. The number of hydrogen-bond acceptors (Lipinski definition) is 4. The molecule has 2 unspecified atom stereocenters. The van der Waals surface area contributed by atoms with E-state index < -0.39 is 0 Å². The Morgan fingerprint density at radius 3 is 2.58 bits per heavy atom. The Morgan fingerprint density at radius 2 is 1.84 bits per heavy atom. The van der Waals surface area contributed by atoms with Crippen LogP contribution in [0.25, 0.3) is 0 Å². The Kier molecular flexibility index (Phi) is 4.85. The lowest BCUT2D eigenvalue weighted by molar-refractivity contribution is 0.135. The molecule has 0 aromatic heterocycles. The first-order valence-electron chi connectivity index (χ1n) is 7.53. The van der Waals surface area contributed by atoms with E-state index in [2.05, 4.69) is 5.32 Å². The van der Waals surface area contributed by atoms with Gasteiger partial charge in [-0.1, -0.05) is 32.1 Å². The topological polar surface area (TPSA) is 38.3 Å². The monoisotopic (exact) mass is 301 g/mol. The number of hydrogen-bond donors (Lipinski definition) is 1. The Labute approximate surface area is 124 Å². The average Bonchev–Trinajstić information content (AvgIpc) is 2.82. The van der Waals surface area contributed by atoms with Gasteiger partial charge >= 0.3 is 6.09 Å². The van der Waals surface area contributed by atoms with Crippen LogP contribution in [0.3, 0.4) is 0 Å². The van der Waals surface area contributed by atoms with E-state index in [1.165, 1.54) is 50.0 Å². The van der Waals surface area contributed by atoms with Crippen LogP contribution in [0, 0.1) is 5.92 Å². The Balaban J connectivity index is 1.59. The minimum Gasteiger partial charge on any atom is -0.442 e. The van der Waals surface area contributed by atoms with Gasteiger partial charge < -0.3 is 10.1 Å². The average molecular weight is 301 g/mol. The molecule has 1 saturated carbocycles. The molecule has 0 aromatic carbocycles. The van der Waals surface area contributed by atoms with Crippen LogP contribution in [0.4, 0.5) is 4.79 Å². The van der Waals surface area contributed by atoms with E-state index in [1.807, 2.05) is 23.5 Å². The van der Waals surface area contributed by atoms with Crippen molar-refractivity contribution in [1.82, 2.24) is 5.32 Å². The fourth-order valence-corrected chi connectivity index (χ4v) is 6.49. The maximum atomic E-state index is 11.6. The van der Waals surface area contributed by atoms with E-state index in [4.69, 9.17) is 4.74 Å². The molecule has 2 heterocycles. The van der Waals surface area contributed by atoms with Crippen molar-refractivity contribution in [2.24, 2.45) is 5.92 Å². The van der Waals surface area contributed by atoms with Crippen LogP contribution in [0.15, 0.2) is 0 Å². The van der Waals surface area contributed by atoms with Gasteiger partial charge in [-0.05, 0) is 30.3 Å². The van der Waals surface area contributed by atoms with Crippen molar-refractivity contribution >= 4 is 29.6 Å². The Hall–Kier alpha value is -0.0300. The first-order chi connectivity index (χ1) is 9.33. The lowest BCUT2D eigenvalue weighted by atomic mass is 9.84. The molecule has 1 N–H and O–H groups in total. The minimum atomic E-state index is -0.197. The normalized spacial score (nSPS) is 34.0. The second kappa shape index (κ2) is 6.61. The molecule has 1 amide bonds. The summed E-state index contributed by atoms with van der Waals surface area (Å²) in [6.45, 7) is 0. The summed E-state index contributed by atoms with van der Waals surface area (Å²) in [7, 11) is 0. The van der Waals surface area contributed by atoms with Gasteiger partial charge in [0.05, 0.1) is 10.6 Å². The number of ether oxygens (including phenoxy) is 1. The maximum Gasteiger partial charge on any atom is 0.407 e. The smallest absolute Gasteiger partial charge is 0.407 e. The number of cyclic esters (lactones) is 1. The second-order valence-corrected chi connectivity index (χ2v) is 8.62. The molecule has 1 aliphatic carbocycles. The maximum absolute atomic E-state index is 11.6. The quantitative estimate of drug-likeness (QED) is 0.864. The van der Waals surface area contributed by atoms with Crippen LogP contribution >= 0.6 is 23.5 Å². The molecule has 3 nitrogen and oxygen atoms in total. The number of thioether (sulfide) groups is 2. The highest BCUT2D eigenvalue weighted by Gasteiger charge is 2.41. The van der Waals surface area contributed by atoms with Gasteiger partial charge in [-0.2, -0.15) is 0 Å². The number of nitrogens with one attached hydrogen (secondary N) is 1. The van der Waals surface area contributed by atoms with Gasteiger partial charge in [0, 0.05) is 0 Å². The van der Waals surface area contributed by atoms with Gasteiger partial charge in [0.1, 0.15) is 6.10 Å². The number of alkyl carbamates (subject to hydrolysis) is 1. The van der Waals surface area contributed by atoms with Crippen LogP contribution < -0.4 is 5.32 Å². The van der Waals surface area contributed by atoms with Crippen molar-refractivity contribution in [2.75, 3.05) is 11.5 Å². The summed E-state index contributed by atoms with van der Waals surface area (Å²) in [5, 5.41) is 3.06. The van der Waals surface area contributed by atoms with E-state index in [1.54, 1.807) is 0 Å². The third-order valence-corrected chi connectivity index (χ3v) is 7.43. The lowest BCUT2D eigenvalue weighted by Crippen LogP contribution is -2.39. The van der Waals surface area contributed by atoms with Crippen molar-refractivity contribution in [3.05, 3.63) is 0 Å². The summed E-state index contributed by atoms with van der Waals surface area (Å²) in [6, 6.07) is 0.249. The summed E-state index contributed by atoms with van der Waals surface area (Å²) in [5.74, 6) is 3.21. The number of carbonyl (C=O) groups is 1. The summed E-state index contributed by atoms with van der Waals surface area (Å²) in [5.41, 5.74) is 0. The molecule has 2 atom stereocenters. The summed E-state index contributed by atoms with van der Waals surface area (Å²) < 4.78 is 6.01. The van der Waals surface area contributed by atoms with Gasteiger partial charge in [-0.15, -0.1) is 23.5 Å². The summed E-state index contributed by atoms with van der Waals surface area (Å²) >= 11 is 3.95. The Morgan fingerprint density at radius 1 is 1.11 bits per heavy atom. The zero-order valence-corrected chi connectivity index (χ0v) is 12.9.